The number of ether oxygens (including phenoxy) is 5. The molecule has 5 atom stereocenters. The Kier molecular flexibility index (Phi) is 14.2. The second-order valence-electron chi connectivity index (χ2n) is 9.73. The number of rotatable bonds is 21. The van der Waals surface area contributed by atoms with Crippen molar-refractivity contribution in [2.45, 2.75) is 134 Å². The summed E-state index contributed by atoms with van der Waals surface area (Å²) in [7, 11) is 0. The largest absolute Gasteiger partial charge is 0.462 e. The first-order valence-corrected chi connectivity index (χ1v) is 13.4. The zero-order valence-electron chi connectivity index (χ0n) is 21.5. The summed E-state index contributed by atoms with van der Waals surface area (Å²) >= 11 is 0. The molecule has 2 aliphatic rings. The maximum Gasteiger partial charge on any atom is 0.306 e. The summed E-state index contributed by atoms with van der Waals surface area (Å²) in [5.41, 5.74) is 5.60. The van der Waals surface area contributed by atoms with E-state index in [0.717, 1.165) is 77.0 Å². The van der Waals surface area contributed by atoms with Gasteiger partial charge in [0.25, 0.3) is 0 Å². The van der Waals surface area contributed by atoms with E-state index in [-0.39, 0.29) is 43.9 Å². The van der Waals surface area contributed by atoms with E-state index in [2.05, 4.69) is 6.92 Å². The molecule has 0 aromatic carbocycles. The van der Waals surface area contributed by atoms with Gasteiger partial charge in [0.1, 0.15) is 19.4 Å². The van der Waals surface area contributed by atoms with Crippen LogP contribution in [0, 0.1) is 0 Å². The summed E-state index contributed by atoms with van der Waals surface area (Å²) in [6.07, 6.45) is 13.0. The highest BCUT2D eigenvalue weighted by Gasteiger charge is 2.34. The van der Waals surface area contributed by atoms with Crippen LogP contribution >= 0.6 is 0 Å². The summed E-state index contributed by atoms with van der Waals surface area (Å²) in [6.45, 7) is 3.15. The number of hydrogen-bond acceptors (Lipinski definition) is 9. The molecule has 0 radical (unpaired) electrons. The monoisotopic (exact) mass is 499 g/mol. The molecule has 0 spiro atoms. The number of epoxide rings is 2. The van der Waals surface area contributed by atoms with Gasteiger partial charge in [-0.2, -0.15) is 0 Å². The molecule has 2 saturated heterocycles. The Labute approximate surface area is 209 Å². The van der Waals surface area contributed by atoms with Crippen molar-refractivity contribution in [3.8, 4) is 0 Å². The zero-order chi connectivity index (χ0) is 25.5. The van der Waals surface area contributed by atoms with Crippen molar-refractivity contribution >= 4 is 17.9 Å². The molecule has 0 aromatic rings. The first-order chi connectivity index (χ1) is 16.8. The van der Waals surface area contributed by atoms with Gasteiger partial charge in [-0.3, -0.25) is 14.4 Å². The van der Waals surface area contributed by atoms with Crippen LogP contribution in [0.5, 0.6) is 0 Å². The summed E-state index contributed by atoms with van der Waals surface area (Å²) < 4.78 is 26.2. The SMILES string of the molecule is CC(=O)OCC(COC(=O)CCCCCCCC1OC1C)OC(=O)CCCCCCCC1OC1N. The first kappa shape index (κ1) is 29.5. The molecular weight excluding hydrogens is 454 g/mol. The van der Waals surface area contributed by atoms with Crippen LogP contribution in [0.15, 0.2) is 0 Å². The Morgan fingerprint density at radius 3 is 1.77 bits per heavy atom. The molecule has 0 aliphatic carbocycles. The lowest BCUT2D eigenvalue weighted by Crippen LogP contribution is -2.30. The number of hydrogen-bond donors (Lipinski definition) is 1. The fourth-order valence-electron chi connectivity index (χ4n) is 4.04. The fourth-order valence-corrected chi connectivity index (χ4v) is 4.04. The molecule has 202 valence electrons. The molecule has 2 aliphatic heterocycles. The average molecular weight is 500 g/mol. The van der Waals surface area contributed by atoms with E-state index >= 15 is 0 Å². The van der Waals surface area contributed by atoms with Crippen molar-refractivity contribution in [3.05, 3.63) is 0 Å². The number of esters is 3. The summed E-state index contributed by atoms with van der Waals surface area (Å²) in [6, 6.07) is 0. The minimum absolute atomic E-state index is 0.0735. The van der Waals surface area contributed by atoms with E-state index in [1.165, 1.54) is 6.92 Å². The van der Waals surface area contributed by atoms with Crippen LogP contribution < -0.4 is 5.73 Å². The predicted octanol–water partition coefficient (Wildman–Crippen LogP) is 3.94. The van der Waals surface area contributed by atoms with Gasteiger partial charge in [0.05, 0.1) is 18.3 Å². The standard InChI is InChI=1S/C26H45NO8/c1-19-22(33-19)13-9-5-3-7-11-15-24(29)32-18-21(17-31-20(2)28)34-25(30)16-12-8-4-6-10-14-23-26(27)35-23/h19,21-23,26H,3-18,27H2,1-2H3. The number of carbonyl (C=O) groups is 3. The van der Waals surface area contributed by atoms with E-state index in [9.17, 15) is 14.4 Å². The third kappa shape index (κ3) is 15.1. The normalized spacial score (nSPS) is 23.4. The quantitative estimate of drug-likeness (QED) is 0.108. The van der Waals surface area contributed by atoms with Crippen molar-refractivity contribution in [1.82, 2.24) is 0 Å². The van der Waals surface area contributed by atoms with Crippen LogP contribution in [0.3, 0.4) is 0 Å². The number of carbonyl (C=O) groups excluding carboxylic acids is 3. The smallest absolute Gasteiger partial charge is 0.306 e. The van der Waals surface area contributed by atoms with Crippen LogP contribution in [-0.4, -0.2) is 61.8 Å². The Bertz CT molecular complexity index is 643. The van der Waals surface area contributed by atoms with E-state index < -0.39 is 12.1 Å². The van der Waals surface area contributed by atoms with Gasteiger partial charge >= 0.3 is 17.9 Å². The first-order valence-electron chi connectivity index (χ1n) is 13.4. The zero-order valence-corrected chi connectivity index (χ0v) is 21.5. The molecule has 2 rings (SSSR count). The molecule has 9 heteroatoms. The molecule has 9 nitrogen and oxygen atoms in total. The molecule has 0 aromatic heterocycles. The molecule has 0 bridgehead atoms. The minimum atomic E-state index is -0.787. The molecule has 35 heavy (non-hydrogen) atoms. The lowest BCUT2D eigenvalue weighted by molar-refractivity contribution is -0.166. The Morgan fingerprint density at radius 1 is 0.743 bits per heavy atom. The summed E-state index contributed by atoms with van der Waals surface area (Å²) in [4.78, 5) is 35.4. The lowest BCUT2D eigenvalue weighted by Gasteiger charge is -2.17. The Balaban J connectivity index is 1.48. The van der Waals surface area contributed by atoms with E-state index in [1.807, 2.05) is 0 Å². The molecular formula is C26H45NO8. The number of nitrogens with two attached hydrogens (primary N) is 1. The third-order valence-corrected chi connectivity index (χ3v) is 6.40. The summed E-state index contributed by atoms with van der Waals surface area (Å²) in [5, 5.41) is 0. The van der Waals surface area contributed by atoms with Crippen LogP contribution in [0.2, 0.25) is 0 Å². The average Bonchev–Trinajstić information content (AvgIpc) is 3.72. The van der Waals surface area contributed by atoms with E-state index in [1.54, 1.807) is 0 Å². The highest BCUT2D eigenvalue weighted by atomic mass is 16.6. The van der Waals surface area contributed by atoms with Crippen LogP contribution in [0.4, 0.5) is 0 Å². The van der Waals surface area contributed by atoms with Crippen LogP contribution in [0.1, 0.15) is 104 Å². The van der Waals surface area contributed by atoms with Crippen molar-refractivity contribution < 1.29 is 38.1 Å². The molecule has 2 heterocycles. The van der Waals surface area contributed by atoms with Gasteiger partial charge < -0.3 is 29.4 Å². The minimum Gasteiger partial charge on any atom is -0.462 e. The van der Waals surface area contributed by atoms with Crippen molar-refractivity contribution in [2.75, 3.05) is 13.2 Å². The van der Waals surface area contributed by atoms with Crippen LogP contribution in [0.25, 0.3) is 0 Å². The Hall–Kier alpha value is -1.71. The predicted molar refractivity (Wildman–Crippen MR) is 129 cm³/mol. The van der Waals surface area contributed by atoms with E-state index in [4.69, 9.17) is 29.4 Å². The second-order valence-corrected chi connectivity index (χ2v) is 9.73. The van der Waals surface area contributed by atoms with Gasteiger partial charge in [-0.05, 0) is 32.6 Å². The number of unbranched alkanes of at least 4 members (excludes halogenated alkanes) is 8. The topological polar surface area (TPSA) is 130 Å². The van der Waals surface area contributed by atoms with Gasteiger partial charge in [0.15, 0.2) is 6.10 Å². The summed E-state index contributed by atoms with van der Waals surface area (Å²) in [5.74, 6) is -1.18. The van der Waals surface area contributed by atoms with Crippen LogP contribution in [-0.2, 0) is 38.1 Å². The fraction of sp³-hybridized carbons (Fsp3) is 0.885. The van der Waals surface area contributed by atoms with Crippen molar-refractivity contribution in [1.29, 1.82) is 0 Å². The maximum absolute atomic E-state index is 12.2. The van der Waals surface area contributed by atoms with Crippen molar-refractivity contribution in [3.63, 3.8) is 0 Å². The lowest BCUT2D eigenvalue weighted by atomic mass is 10.1. The van der Waals surface area contributed by atoms with Gasteiger partial charge in [-0.15, -0.1) is 0 Å². The molecule has 0 saturated carbocycles. The van der Waals surface area contributed by atoms with Gasteiger partial charge in [-0.1, -0.05) is 51.4 Å². The van der Waals surface area contributed by atoms with Gasteiger partial charge in [-0.25, -0.2) is 0 Å². The Morgan fingerprint density at radius 2 is 1.23 bits per heavy atom. The molecule has 2 N–H and O–H groups in total. The molecule has 2 fully saturated rings. The van der Waals surface area contributed by atoms with Gasteiger partial charge in [0.2, 0.25) is 0 Å². The molecule has 0 amide bonds. The third-order valence-electron chi connectivity index (χ3n) is 6.40. The maximum atomic E-state index is 12.2. The van der Waals surface area contributed by atoms with Gasteiger partial charge in [0, 0.05) is 19.8 Å². The highest BCUT2D eigenvalue weighted by Crippen LogP contribution is 2.26. The molecule has 5 unspecified atom stereocenters. The van der Waals surface area contributed by atoms with E-state index in [0.29, 0.717) is 18.6 Å². The highest BCUT2D eigenvalue weighted by molar-refractivity contribution is 5.70. The van der Waals surface area contributed by atoms with Crippen molar-refractivity contribution in [2.24, 2.45) is 5.73 Å². The second kappa shape index (κ2) is 16.9.